The predicted molar refractivity (Wildman–Crippen MR) is 100 cm³/mol. The molecule has 27 heavy (non-hydrogen) atoms. The molecule has 0 aromatic carbocycles. The molecule has 3 rings (SSSR count). The molecule has 1 saturated carbocycles. The van der Waals surface area contributed by atoms with Gasteiger partial charge in [-0.1, -0.05) is 27.2 Å². The Kier molecular flexibility index (Phi) is 6.10. The lowest BCUT2D eigenvalue weighted by molar-refractivity contribution is -0.166. The van der Waals surface area contributed by atoms with E-state index in [9.17, 15) is 14.0 Å². The fourth-order valence-corrected chi connectivity index (χ4v) is 4.76. The molecule has 2 N–H and O–H groups in total. The second kappa shape index (κ2) is 8.18. The predicted octanol–water partition coefficient (Wildman–Crippen LogP) is 2.56. The van der Waals surface area contributed by atoms with E-state index >= 15 is 0 Å². The molecule has 2 fully saturated rings. The van der Waals surface area contributed by atoms with E-state index in [-0.39, 0.29) is 6.10 Å². The highest BCUT2D eigenvalue weighted by atomic mass is 32.2. The molecule has 1 unspecified atom stereocenters. The van der Waals surface area contributed by atoms with Crippen LogP contribution in [0.3, 0.4) is 0 Å². The van der Waals surface area contributed by atoms with Crippen LogP contribution in [-0.2, 0) is 14.3 Å². The van der Waals surface area contributed by atoms with Crippen molar-refractivity contribution in [1.82, 2.24) is 9.55 Å². The highest BCUT2D eigenvalue weighted by Crippen LogP contribution is 2.37. The Hall–Kier alpha value is -1.61. The molecule has 1 aliphatic carbocycles. The average molecular weight is 399 g/mol. The normalized spacial score (nSPS) is 31.2. The minimum atomic E-state index is -0.840. The molecule has 150 valence electrons. The first-order valence-electron chi connectivity index (χ1n) is 9.28. The largest absolute Gasteiger partial charge is 0.459 e. The number of carbonyl (C=O) groups is 1. The first-order chi connectivity index (χ1) is 12.8. The number of thioether (sulfide) groups is 1. The number of nitrogens with two attached hydrogens (primary N) is 1. The molecule has 5 atom stereocenters. The Morgan fingerprint density at radius 1 is 1.48 bits per heavy atom. The van der Waals surface area contributed by atoms with Crippen molar-refractivity contribution < 1.29 is 18.7 Å². The highest BCUT2D eigenvalue weighted by Gasteiger charge is 2.39. The van der Waals surface area contributed by atoms with Crippen LogP contribution in [0.15, 0.2) is 11.0 Å². The van der Waals surface area contributed by atoms with Gasteiger partial charge in [0.2, 0.25) is 5.44 Å². The van der Waals surface area contributed by atoms with Crippen LogP contribution in [0, 0.1) is 23.6 Å². The number of anilines is 1. The number of nitrogen functional groups attached to an aromatic ring is 1. The van der Waals surface area contributed by atoms with E-state index in [2.05, 4.69) is 25.8 Å². The molecule has 2 heterocycles. The molecule has 1 aromatic rings. The van der Waals surface area contributed by atoms with Crippen molar-refractivity contribution >= 4 is 23.5 Å². The van der Waals surface area contributed by atoms with Crippen LogP contribution in [0.2, 0.25) is 0 Å². The van der Waals surface area contributed by atoms with Gasteiger partial charge in [-0.05, 0) is 30.6 Å². The average Bonchev–Trinajstić information content (AvgIpc) is 3.08. The molecule has 0 bridgehead atoms. The number of aromatic nitrogens is 2. The Bertz CT molecular complexity index is 757. The van der Waals surface area contributed by atoms with Crippen LogP contribution >= 0.6 is 11.8 Å². The number of nitrogens with zero attached hydrogens (tertiary/aromatic N) is 2. The minimum absolute atomic E-state index is 0.122. The van der Waals surface area contributed by atoms with Gasteiger partial charge in [0.05, 0.1) is 6.20 Å². The topological polar surface area (TPSA) is 96.4 Å². The van der Waals surface area contributed by atoms with Gasteiger partial charge in [0.1, 0.15) is 12.3 Å². The lowest BCUT2D eigenvalue weighted by Crippen LogP contribution is -2.38. The number of rotatable bonds is 4. The summed E-state index contributed by atoms with van der Waals surface area (Å²) in [7, 11) is 0. The zero-order valence-electron chi connectivity index (χ0n) is 15.8. The van der Waals surface area contributed by atoms with E-state index in [4.69, 9.17) is 15.2 Å². The molecular formula is C18H26FN3O4S. The summed E-state index contributed by atoms with van der Waals surface area (Å²) >= 11 is 1.23. The van der Waals surface area contributed by atoms with E-state index in [1.54, 1.807) is 0 Å². The van der Waals surface area contributed by atoms with E-state index in [1.165, 1.54) is 11.8 Å². The first-order valence-corrected chi connectivity index (χ1v) is 10.3. The summed E-state index contributed by atoms with van der Waals surface area (Å²) in [6.45, 7) is 6.46. The van der Waals surface area contributed by atoms with Gasteiger partial charge in [0.25, 0.3) is 0 Å². The van der Waals surface area contributed by atoms with Crippen molar-refractivity contribution in [2.45, 2.75) is 57.8 Å². The van der Waals surface area contributed by atoms with Gasteiger partial charge in [0, 0.05) is 5.75 Å². The monoisotopic (exact) mass is 399 g/mol. The fraction of sp³-hybridized carbons (Fsp3) is 0.722. The van der Waals surface area contributed by atoms with E-state index in [0.29, 0.717) is 23.5 Å². The van der Waals surface area contributed by atoms with E-state index in [0.717, 1.165) is 30.0 Å². The molecular weight excluding hydrogens is 373 g/mol. The van der Waals surface area contributed by atoms with Gasteiger partial charge in [0.15, 0.2) is 11.6 Å². The van der Waals surface area contributed by atoms with Crippen molar-refractivity contribution in [3.63, 3.8) is 0 Å². The number of halogens is 1. The molecule has 1 aliphatic heterocycles. The first kappa shape index (κ1) is 20.1. The number of hydrogen-bond donors (Lipinski definition) is 1. The quantitative estimate of drug-likeness (QED) is 0.777. The lowest BCUT2D eigenvalue weighted by Gasteiger charge is -2.37. The summed E-state index contributed by atoms with van der Waals surface area (Å²) in [4.78, 5) is 28.0. The van der Waals surface area contributed by atoms with E-state index < -0.39 is 35.0 Å². The molecule has 0 amide bonds. The summed E-state index contributed by atoms with van der Waals surface area (Å²) in [5, 5.41) is 0. The summed E-state index contributed by atoms with van der Waals surface area (Å²) in [6.07, 6.45) is 3.09. The van der Waals surface area contributed by atoms with Crippen LogP contribution in [-0.4, -0.2) is 32.8 Å². The minimum Gasteiger partial charge on any atom is -0.459 e. The second-order valence-electron chi connectivity index (χ2n) is 7.72. The van der Waals surface area contributed by atoms with Crippen molar-refractivity contribution in [1.29, 1.82) is 0 Å². The maximum absolute atomic E-state index is 13.6. The summed E-state index contributed by atoms with van der Waals surface area (Å²) in [5.74, 6) is -0.0872. The molecule has 1 aromatic heterocycles. The molecule has 0 spiro atoms. The van der Waals surface area contributed by atoms with Crippen molar-refractivity contribution in [2.75, 3.05) is 11.5 Å². The molecule has 7 nitrogen and oxygen atoms in total. The van der Waals surface area contributed by atoms with Gasteiger partial charge in [-0.25, -0.2) is 14.0 Å². The van der Waals surface area contributed by atoms with Crippen LogP contribution in [0.5, 0.6) is 0 Å². The zero-order valence-corrected chi connectivity index (χ0v) is 16.6. The summed E-state index contributed by atoms with van der Waals surface area (Å²) < 4.78 is 26.1. The SMILES string of the molecule is CC1CC[C@H](C(C)C)[C@@H](OC(=O)[C@H]2O[C@H](n3cc(F)c(N)nc3=O)CS2)C1. The highest BCUT2D eigenvalue weighted by molar-refractivity contribution is 8.00. The van der Waals surface area contributed by atoms with E-state index in [1.807, 2.05) is 0 Å². The number of ether oxygens (including phenoxy) is 2. The van der Waals surface area contributed by atoms with Crippen LogP contribution in [0.1, 0.15) is 46.3 Å². The number of esters is 1. The third kappa shape index (κ3) is 4.45. The standard InChI is InChI=1S/C18H26FN3O4S/c1-9(2)11-5-4-10(3)6-13(11)25-16(23)17-26-14(8-27-17)22-7-12(19)15(20)21-18(22)24/h7,9-11,13-14,17H,4-6,8H2,1-3H3,(H2,20,21,24)/t10?,11-,13+,14+,17+/m1/s1. The van der Waals surface area contributed by atoms with Crippen molar-refractivity contribution in [3.05, 3.63) is 22.5 Å². The van der Waals surface area contributed by atoms with Gasteiger partial charge in [-0.3, -0.25) is 4.57 Å². The van der Waals surface area contributed by atoms with Crippen molar-refractivity contribution in [2.24, 2.45) is 17.8 Å². The van der Waals surface area contributed by atoms with Gasteiger partial charge in [-0.2, -0.15) is 4.98 Å². The maximum Gasteiger partial charge on any atom is 0.351 e. The summed E-state index contributed by atoms with van der Waals surface area (Å²) in [5.41, 5.74) is 3.74. The molecule has 9 heteroatoms. The van der Waals surface area contributed by atoms with Gasteiger partial charge < -0.3 is 15.2 Å². The Morgan fingerprint density at radius 3 is 2.93 bits per heavy atom. The van der Waals surface area contributed by atoms with Gasteiger partial charge >= 0.3 is 11.7 Å². The Labute approximate surface area is 161 Å². The van der Waals surface area contributed by atoms with Crippen LogP contribution in [0.25, 0.3) is 0 Å². The zero-order chi connectivity index (χ0) is 19.7. The summed E-state index contributed by atoms with van der Waals surface area (Å²) in [6, 6.07) is 0. The lowest BCUT2D eigenvalue weighted by atomic mass is 9.75. The molecule has 2 aliphatic rings. The van der Waals surface area contributed by atoms with Gasteiger partial charge in [-0.15, -0.1) is 11.8 Å². The maximum atomic E-state index is 13.6. The smallest absolute Gasteiger partial charge is 0.351 e. The number of carbonyl (C=O) groups excluding carboxylic acids is 1. The van der Waals surface area contributed by atoms with Crippen LogP contribution < -0.4 is 11.4 Å². The second-order valence-corrected chi connectivity index (χ2v) is 8.82. The number of hydrogen-bond acceptors (Lipinski definition) is 7. The molecule has 1 saturated heterocycles. The fourth-order valence-electron chi connectivity index (χ4n) is 3.78. The molecule has 0 radical (unpaired) electrons. The van der Waals surface area contributed by atoms with Crippen molar-refractivity contribution in [3.8, 4) is 0 Å². The third-order valence-electron chi connectivity index (χ3n) is 5.34. The Morgan fingerprint density at radius 2 is 2.22 bits per heavy atom. The van der Waals surface area contributed by atoms with Crippen LogP contribution in [0.4, 0.5) is 10.2 Å². The third-order valence-corrected chi connectivity index (χ3v) is 6.42. The Balaban J connectivity index is 1.65.